The average Bonchev–Trinajstić information content (AvgIpc) is 3.20. The summed E-state index contributed by atoms with van der Waals surface area (Å²) in [4.78, 5) is 21.3. The lowest BCUT2D eigenvalue weighted by molar-refractivity contribution is 0.0959. The van der Waals surface area contributed by atoms with E-state index in [9.17, 15) is 4.79 Å². The molecule has 0 atom stereocenters. The van der Waals surface area contributed by atoms with Crippen molar-refractivity contribution in [2.45, 2.75) is 39.5 Å². The Morgan fingerprint density at radius 1 is 1.03 bits per heavy atom. The molecule has 1 saturated heterocycles. The van der Waals surface area contributed by atoms with Gasteiger partial charge in [-0.05, 0) is 74.9 Å². The number of fused-ring (bicyclic) bond motifs is 1. The van der Waals surface area contributed by atoms with Crippen LogP contribution in [0.1, 0.15) is 45.8 Å². The predicted molar refractivity (Wildman–Crippen MR) is 147 cm³/mol. The van der Waals surface area contributed by atoms with Gasteiger partial charge in [0.05, 0.1) is 5.69 Å². The zero-order valence-electron chi connectivity index (χ0n) is 20.4. The van der Waals surface area contributed by atoms with Gasteiger partial charge in [-0.2, -0.15) is 0 Å². The molecule has 3 heterocycles. The minimum absolute atomic E-state index is 0.133. The van der Waals surface area contributed by atoms with Crippen LogP contribution >= 0.6 is 11.3 Å². The van der Waals surface area contributed by atoms with Crippen molar-refractivity contribution in [1.82, 2.24) is 10.3 Å². The summed E-state index contributed by atoms with van der Waals surface area (Å²) in [6.07, 6.45) is 4.56. The van der Waals surface area contributed by atoms with E-state index in [4.69, 9.17) is 5.73 Å². The van der Waals surface area contributed by atoms with E-state index >= 15 is 0 Å². The largest absolute Gasteiger partial charge is 0.397 e. The first-order chi connectivity index (χ1) is 17.0. The molecule has 4 aromatic rings. The maximum absolute atomic E-state index is 12.9. The van der Waals surface area contributed by atoms with Crippen molar-refractivity contribution in [1.29, 1.82) is 0 Å². The van der Waals surface area contributed by atoms with Crippen molar-refractivity contribution in [3.63, 3.8) is 0 Å². The number of anilines is 2. The molecule has 0 spiro atoms. The van der Waals surface area contributed by atoms with Crippen molar-refractivity contribution in [2.75, 3.05) is 30.3 Å². The number of benzene rings is 2. The van der Waals surface area contributed by atoms with E-state index in [2.05, 4.69) is 64.6 Å². The van der Waals surface area contributed by atoms with E-state index in [-0.39, 0.29) is 5.91 Å². The summed E-state index contributed by atoms with van der Waals surface area (Å²) < 4.78 is 0. The number of nitrogen functional groups attached to an aromatic ring is 1. The number of carbonyl (C=O) groups excluding carboxylic acids is 1. The highest BCUT2D eigenvalue weighted by molar-refractivity contribution is 7.21. The smallest absolute Gasteiger partial charge is 0.263 e. The van der Waals surface area contributed by atoms with E-state index in [0.717, 1.165) is 35.4 Å². The van der Waals surface area contributed by atoms with Crippen LogP contribution in [0, 0.1) is 13.8 Å². The topological polar surface area (TPSA) is 71.2 Å². The highest BCUT2D eigenvalue weighted by Crippen LogP contribution is 2.34. The summed E-state index contributed by atoms with van der Waals surface area (Å²) in [6.45, 7) is 6.83. The third kappa shape index (κ3) is 5.03. The highest BCUT2D eigenvalue weighted by atomic mass is 32.1. The second-order valence-corrected chi connectivity index (χ2v) is 10.4. The van der Waals surface area contributed by atoms with Crippen molar-refractivity contribution in [2.24, 2.45) is 0 Å². The zero-order valence-corrected chi connectivity index (χ0v) is 21.3. The number of aryl methyl sites for hydroxylation is 2. The third-order valence-electron chi connectivity index (χ3n) is 6.76. The fraction of sp³-hybridized carbons (Fsp3) is 0.310. The van der Waals surface area contributed by atoms with Gasteiger partial charge in [0.1, 0.15) is 9.71 Å². The van der Waals surface area contributed by atoms with E-state index in [1.165, 1.54) is 58.5 Å². The number of carbonyl (C=O) groups is 1. The molecular formula is C29H32N4OS. The molecule has 1 amide bonds. The lowest BCUT2D eigenvalue weighted by atomic mass is 9.97. The Labute approximate surface area is 211 Å². The average molecular weight is 485 g/mol. The molecule has 180 valence electrons. The van der Waals surface area contributed by atoms with Gasteiger partial charge < -0.3 is 16.0 Å². The molecule has 0 aliphatic carbocycles. The molecule has 6 heteroatoms. The molecule has 1 aliphatic heterocycles. The molecule has 2 aromatic heterocycles. The fourth-order valence-corrected chi connectivity index (χ4v) is 5.83. The molecule has 3 N–H and O–H groups in total. The second kappa shape index (κ2) is 10.1. The van der Waals surface area contributed by atoms with Crippen LogP contribution in [0.5, 0.6) is 0 Å². The molecule has 5 rings (SSSR count). The molecule has 0 unspecified atom stereocenters. The third-order valence-corrected chi connectivity index (χ3v) is 7.87. The van der Waals surface area contributed by atoms with Gasteiger partial charge in [0.15, 0.2) is 0 Å². The molecule has 0 radical (unpaired) electrons. The summed E-state index contributed by atoms with van der Waals surface area (Å²) in [5.41, 5.74) is 14.0. The Hall–Kier alpha value is -3.38. The lowest BCUT2D eigenvalue weighted by Gasteiger charge is -2.31. The number of rotatable bonds is 6. The standard InChI is InChI=1S/C29H32N4OS/c1-19-6-10-22(11-7-19)24-18-21(9-13-25(24)33-16-4-3-5-17-33)14-15-31-28(34)27-26(30)23-12-8-20(2)32-29(23)35-27/h6-13,18H,3-5,14-17,30H2,1-2H3,(H,31,34). The van der Waals surface area contributed by atoms with Gasteiger partial charge in [0.2, 0.25) is 0 Å². The van der Waals surface area contributed by atoms with Gasteiger partial charge >= 0.3 is 0 Å². The van der Waals surface area contributed by atoms with Crippen LogP contribution in [0.15, 0.2) is 54.6 Å². The molecule has 1 aliphatic rings. The summed E-state index contributed by atoms with van der Waals surface area (Å²) in [6, 6.07) is 19.4. The normalized spacial score (nSPS) is 13.8. The Kier molecular flexibility index (Phi) is 6.73. The van der Waals surface area contributed by atoms with Crippen molar-refractivity contribution in [3.05, 3.63) is 76.3 Å². The molecule has 35 heavy (non-hydrogen) atoms. The van der Waals surface area contributed by atoms with E-state index in [1.807, 2.05) is 19.1 Å². The molecule has 0 bridgehead atoms. The van der Waals surface area contributed by atoms with Crippen LogP contribution in [0.2, 0.25) is 0 Å². The Morgan fingerprint density at radius 2 is 1.80 bits per heavy atom. The van der Waals surface area contributed by atoms with Crippen LogP contribution in [0.25, 0.3) is 21.3 Å². The number of nitrogens with two attached hydrogens (primary N) is 1. The maximum Gasteiger partial charge on any atom is 0.263 e. The Bertz CT molecular complexity index is 1350. The molecular weight excluding hydrogens is 452 g/mol. The SMILES string of the molecule is Cc1ccc(-c2cc(CCNC(=O)c3sc4nc(C)ccc4c3N)ccc2N2CCCCC2)cc1. The number of pyridine rings is 1. The van der Waals surface area contributed by atoms with Gasteiger partial charge in [0, 0.05) is 42.0 Å². The van der Waals surface area contributed by atoms with Crippen LogP contribution in [-0.4, -0.2) is 30.5 Å². The van der Waals surface area contributed by atoms with Gasteiger partial charge in [-0.1, -0.05) is 35.9 Å². The number of nitrogens with zero attached hydrogens (tertiary/aromatic N) is 2. The summed E-state index contributed by atoms with van der Waals surface area (Å²) in [5, 5.41) is 3.91. The predicted octanol–water partition coefficient (Wildman–Crippen LogP) is 6.13. The van der Waals surface area contributed by atoms with Crippen LogP contribution < -0.4 is 16.0 Å². The Balaban J connectivity index is 1.33. The lowest BCUT2D eigenvalue weighted by Crippen LogP contribution is -2.30. The monoisotopic (exact) mass is 484 g/mol. The van der Waals surface area contributed by atoms with Crippen molar-refractivity contribution < 1.29 is 4.79 Å². The number of aromatic nitrogens is 1. The molecule has 1 fully saturated rings. The summed E-state index contributed by atoms with van der Waals surface area (Å²) in [5.74, 6) is -0.133. The van der Waals surface area contributed by atoms with Gasteiger partial charge in [0.25, 0.3) is 5.91 Å². The summed E-state index contributed by atoms with van der Waals surface area (Å²) in [7, 11) is 0. The van der Waals surface area contributed by atoms with Crippen molar-refractivity contribution >= 4 is 38.8 Å². The van der Waals surface area contributed by atoms with Gasteiger partial charge in [-0.25, -0.2) is 4.98 Å². The number of nitrogens with one attached hydrogen (secondary N) is 1. The minimum Gasteiger partial charge on any atom is -0.397 e. The Morgan fingerprint density at radius 3 is 2.57 bits per heavy atom. The number of hydrogen-bond donors (Lipinski definition) is 2. The van der Waals surface area contributed by atoms with E-state index in [1.54, 1.807) is 0 Å². The zero-order chi connectivity index (χ0) is 24.4. The fourth-order valence-electron chi connectivity index (χ4n) is 4.77. The molecule has 0 saturated carbocycles. The quantitative estimate of drug-likeness (QED) is 0.346. The number of thiophene rings is 1. The first kappa shape index (κ1) is 23.4. The summed E-state index contributed by atoms with van der Waals surface area (Å²) >= 11 is 1.36. The first-order valence-electron chi connectivity index (χ1n) is 12.4. The highest BCUT2D eigenvalue weighted by Gasteiger charge is 2.18. The number of piperidine rings is 1. The van der Waals surface area contributed by atoms with Gasteiger partial charge in [-0.3, -0.25) is 4.79 Å². The van der Waals surface area contributed by atoms with Gasteiger partial charge in [-0.15, -0.1) is 11.3 Å². The molecule has 2 aromatic carbocycles. The maximum atomic E-state index is 12.9. The van der Waals surface area contributed by atoms with E-state index in [0.29, 0.717) is 17.1 Å². The second-order valence-electron chi connectivity index (χ2n) is 9.42. The van der Waals surface area contributed by atoms with E-state index < -0.39 is 0 Å². The van der Waals surface area contributed by atoms with Crippen molar-refractivity contribution in [3.8, 4) is 11.1 Å². The van der Waals surface area contributed by atoms with Crippen LogP contribution in [0.3, 0.4) is 0 Å². The van der Waals surface area contributed by atoms with Crippen LogP contribution in [0.4, 0.5) is 11.4 Å². The minimum atomic E-state index is -0.133. The number of hydrogen-bond acceptors (Lipinski definition) is 5. The molecule has 5 nitrogen and oxygen atoms in total. The number of amides is 1. The first-order valence-corrected chi connectivity index (χ1v) is 13.2. The van der Waals surface area contributed by atoms with Crippen LogP contribution in [-0.2, 0) is 6.42 Å².